The maximum atomic E-state index is 12.1. The highest BCUT2D eigenvalue weighted by Gasteiger charge is 2.10. The summed E-state index contributed by atoms with van der Waals surface area (Å²) in [6.07, 6.45) is 0. The zero-order valence-electron chi connectivity index (χ0n) is 13.4. The average Bonchev–Trinajstić information content (AvgIpc) is 3.00. The van der Waals surface area contributed by atoms with Crippen LogP contribution in [0.3, 0.4) is 0 Å². The first-order valence-corrected chi connectivity index (χ1v) is 8.32. The van der Waals surface area contributed by atoms with Gasteiger partial charge in [-0.2, -0.15) is 0 Å². The van der Waals surface area contributed by atoms with Crippen LogP contribution in [0.25, 0.3) is 0 Å². The maximum absolute atomic E-state index is 12.1. The van der Waals surface area contributed by atoms with Crippen molar-refractivity contribution in [3.05, 3.63) is 70.2 Å². The molecule has 0 unspecified atom stereocenters. The molecule has 1 aromatic heterocycles. The SMILES string of the molecule is Cc1cc(C)cc(OCc2nnc(NC(=O)c3ccccc3)s2)c1. The summed E-state index contributed by atoms with van der Waals surface area (Å²) in [5.41, 5.74) is 2.89. The van der Waals surface area contributed by atoms with Crippen molar-refractivity contribution in [2.24, 2.45) is 0 Å². The standard InChI is InChI=1S/C18H17N3O2S/c1-12-8-13(2)10-15(9-12)23-11-16-20-21-18(24-16)19-17(22)14-6-4-3-5-7-14/h3-10H,11H2,1-2H3,(H,19,21,22). The molecule has 0 saturated carbocycles. The number of carbonyl (C=O) groups is 1. The molecule has 0 aliphatic heterocycles. The quantitative estimate of drug-likeness (QED) is 0.763. The maximum Gasteiger partial charge on any atom is 0.257 e. The highest BCUT2D eigenvalue weighted by molar-refractivity contribution is 7.15. The van der Waals surface area contributed by atoms with E-state index in [0.717, 1.165) is 16.9 Å². The van der Waals surface area contributed by atoms with E-state index < -0.39 is 0 Å². The minimum Gasteiger partial charge on any atom is -0.486 e. The van der Waals surface area contributed by atoms with Crippen LogP contribution in [0.4, 0.5) is 5.13 Å². The lowest BCUT2D eigenvalue weighted by atomic mass is 10.1. The first-order valence-electron chi connectivity index (χ1n) is 7.50. The molecular weight excluding hydrogens is 322 g/mol. The van der Waals surface area contributed by atoms with E-state index in [1.54, 1.807) is 12.1 Å². The van der Waals surface area contributed by atoms with Gasteiger partial charge in [-0.25, -0.2) is 0 Å². The van der Waals surface area contributed by atoms with Crippen LogP contribution in [0.15, 0.2) is 48.5 Å². The smallest absolute Gasteiger partial charge is 0.257 e. The topological polar surface area (TPSA) is 64.1 Å². The highest BCUT2D eigenvalue weighted by atomic mass is 32.1. The summed E-state index contributed by atoms with van der Waals surface area (Å²) in [6, 6.07) is 15.1. The molecule has 5 nitrogen and oxygen atoms in total. The van der Waals surface area contributed by atoms with Crippen LogP contribution in [0.1, 0.15) is 26.5 Å². The monoisotopic (exact) mass is 339 g/mol. The largest absolute Gasteiger partial charge is 0.486 e. The van der Waals surface area contributed by atoms with Crippen LogP contribution in [-0.2, 0) is 6.61 Å². The molecule has 0 bridgehead atoms. The van der Waals surface area contributed by atoms with Crippen molar-refractivity contribution in [2.45, 2.75) is 20.5 Å². The number of hydrogen-bond acceptors (Lipinski definition) is 5. The zero-order chi connectivity index (χ0) is 16.9. The number of rotatable bonds is 5. The molecule has 0 fully saturated rings. The van der Waals surface area contributed by atoms with Crippen LogP contribution >= 0.6 is 11.3 Å². The molecule has 24 heavy (non-hydrogen) atoms. The van der Waals surface area contributed by atoms with Gasteiger partial charge in [0.2, 0.25) is 5.13 Å². The van der Waals surface area contributed by atoms with Gasteiger partial charge >= 0.3 is 0 Å². The summed E-state index contributed by atoms with van der Waals surface area (Å²) in [5.74, 6) is 0.603. The number of amides is 1. The molecule has 0 saturated heterocycles. The van der Waals surface area contributed by atoms with Gasteiger partial charge in [-0.05, 0) is 49.2 Å². The minimum atomic E-state index is -0.200. The Labute approximate surface area is 144 Å². The average molecular weight is 339 g/mol. The highest BCUT2D eigenvalue weighted by Crippen LogP contribution is 2.20. The van der Waals surface area contributed by atoms with Gasteiger partial charge in [-0.15, -0.1) is 10.2 Å². The van der Waals surface area contributed by atoms with Crippen molar-refractivity contribution in [1.29, 1.82) is 0 Å². The zero-order valence-corrected chi connectivity index (χ0v) is 14.3. The van der Waals surface area contributed by atoms with Crippen LogP contribution < -0.4 is 10.1 Å². The van der Waals surface area contributed by atoms with Gasteiger partial charge in [0.05, 0.1) is 0 Å². The second-order valence-electron chi connectivity index (χ2n) is 5.43. The molecule has 1 amide bonds. The summed E-state index contributed by atoms with van der Waals surface area (Å²) in [5, 5.41) is 11.9. The third-order valence-corrected chi connectivity index (χ3v) is 4.09. The molecule has 3 rings (SSSR count). The van der Waals surface area contributed by atoms with Crippen LogP contribution in [0.5, 0.6) is 5.75 Å². The van der Waals surface area contributed by atoms with E-state index in [1.165, 1.54) is 11.3 Å². The minimum absolute atomic E-state index is 0.200. The molecule has 3 aromatic rings. The number of aryl methyl sites for hydroxylation is 2. The van der Waals surface area contributed by atoms with Gasteiger partial charge in [-0.3, -0.25) is 10.1 Å². The molecule has 0 spiro atoms. The fraction of sp³-hybridized carbons (Fsp3) is 0.167. The van der Waals surface area contributed by atoms with Gasteiger partial charge in [0.25, 0.3) is 5.91 Å². The molecule has 122 valence electrons. The van der Waals surface area contributed by atoms with Crippen molar-refractivity contribution in [3.63, 3.8) is 0 Å². The molecule has 2 aromatic carbocycles. The van der Waals surface area contributed by atoms with Gasteiger partial charge < -0.3 is 4.74 Å². The van der Waals surface area contributed by atoms with Gasteiger partial charge in [0, 0.05) is 5.56 Å². The van der Waals surface area contributed by atoms with Crippen LogP contribution in [-0.4, -0.2) is 16.1 Å². The second-order valence-corrected chi connectivity index (χ2v) is 6.50. The van der Waals surface area contributed by atoms with E-state index in [2.05, 4.69) is 21.6 Å². The number of nitrogens with one attached hydrogen (secondary N) is 1. The summed E-state index contributed by atoms with van der Waals surface area (Å²) in [4.78, 5) is 12.1. The Morgan fingerprint density at radius 1 is 1.08 bits per heavy atom. The normalized spacial score (nSPS) is 10.4. The Morgan fingerprint density at radius 2 is 1.79 bits per heavy atom. The van der Waals surface area contributed by atoms with Crippen molar-refractivity contribution >= 4 is 22.4 Å². The van der Waals surface area contributed by atoms with E-state index in [1.807, 2.05) is 44.2 Å². The van der Waals surface area contributed by atoms with Crippen molar-refractivity contribution < 1.29 is 9.53 Å². The Morgan fingerprint density at radius 3 is 2.50 bits per heavy atom. The number of benzene rings is 2. The van der Waals surface area contributed by atoms with E-state index in [4.69, 9.17) is 4.74 Å². The van der Waals surface area contributed by atoms with Crippen molar-refractivity contribution in [3.8, 4) is 5.75 Å². The second kappa shape index (κ2) is 7.23. The fourth-order valence-corrected chi connectivity index (χ4v) is 2.93. The molecule has 6 heteroatoms. The lowest BCUT2D eigenvalue weighted by molar-refractivity contribution is 0.102. The van der Waals surface area contributed by atoms with Crippen LogP contribution in [0, 0.1) is 13.8 Å². The molecule has 0 aliphatic carbocycles. The molecule has 0 radical (unpaired) electrons. The third-order valence-electron chi connectivity index (χ3n) is 3.28. The van der Waals surface area contributed by atoms with E-state index in [9.17, 15) is 4.79 Å². The van der Waals surface area contributed by atoms with Gasteiger partial charge in [0.1, 0.15) is 12.4 Å². The van der Waals surface area contributed by atoms with E-state index in [-0.39, 0.29) is 5.91 Å². The number of nitrogens with zero attached hydrogens (tertiary/aromatic N) is 2. The van der Waals surface area contributed by atoms with Crippen molar-refractivity contribution in [2.75, 3.05) is 5.32 Å². The third kappa shape index (κ3) is 4.17. The van der Waals surface area contributed by atoms with E-state index >= 15 is 0 Å². The Kier molecular flexibility index (Phi) is 4.86. The Bertz CT molecular complexity index is 826. The first-order chi connectivity index (χ1) is 11.6. The predicted molar refractivity (Wildman–Crippen MR) is 94.6 cm³/mol. The summed E-state index contributed by atoms with van der Waals surface area (Å²) in [7, 11) is 0. The summed E-state index contributed by atoms with van der Waals surface area (Å²) in [6.45, 7) is 4.38. The first kappa shape index (κ1) is 16.1. The Balaban J connectivity index is 1.60. The molecule has 0 atom stereocenters. The predicted octanol–water partition coefficient (Wildman–Crippen LogP) is 3.99. The fourth-order valence-electron chi connectivity index (χ4n) is 2.28. The van der Waals surface area contributed by atoms with Gasteiger partial charge in [-0.1, -0.05) is 35.6 Å². The van der Waals surface area contributed by atoms with Gasteiger partial charge in [0.15, 0.2) is 5.01 Å². The summed E-state index contributed by atoms with van der Waals surface area (Å²) >= 11 is 1.30. The van der Waals surface area contributed by atoms with Crippen LogP contribution in [0.2, 0.25) is 0 Å². The number of hydrogen-bond donors (Lipinski definition) is 1. The number of aromatic nitrogens is 2. The molecule has 0 aliphatic rings. The molecule has 1 N–H and O–H groups in total. The van der Waals surface area contributed by atoms with Crippen molar-refractivity contribution in [1.82, 2.24) is 10.2 Å². The molecule has 1 heterocycles. The van der Waals surface area contributed by atoms with E-state index in [0.29, 0.717) is 22.3 Å². The number of anilines is 1. The number of ether oxygens (including phenoxy) is 1. The number of carbonyl (C=O) groups excluding carboxylic acids is 1. The summed E-state index contributed by atoms with van der Waals surface area (Å²) < 4.78 is 5.75. The molecular formula is C18H17N3O2S. The Hall–Kier alpha value is -2.73. The lowest BCUT2D eigenvalue weighted by Gasteiger charge is -2.06. The lowest BCUT2D eigenvalue weighted by Crippen LogP contribution is -2.11.